The lowest BCUT2D eigenvalue weighted by atomic mass is 10.0. The summed E-state index contributed by atoms with van der Waals surface area (Å²) >= 11 is 0. The van der Waals surface area contributed by atoms with E-state index in [9.17, 15) is 22.4 Å². The van der Waals surface area contributed by atoms with Crippen LogP contribution in [0.15, 0.2) is 18.2 Å². The van der Waals surface area contributed by atoms with Gasteiger partial charge in [0.2, 0.25) is 5.91 Å². The number of nitrogens with one attached hydrogen (secondary N) is 2. The summed E-state index contributed by atoms with van der Waals surface area (Å²) in [7, 11) is 0. The molecule has 2 aliphatic rings. The molecular formula is C23H26F4N4O4. The monoisotopic (exact) mass is 498 g/mol. The van der Waals surface area contributed by atoms with E-state index in [0.717, 1.165) is 6.07 Å². The van der Waals surface area contributed by atoms with Gasteiger partial charge >= 0.3 is 6.18 Å². The third-order valence-corrected chi connectivity index (χ3v) is 5.77. The van der Waals surface area contributed by atoms with Crippen molar-refractivity contribution in [3.63, 3.8) is 0 Å². The van der Waals surface area contributed by atoms with Crippen LogP contribution in [-0.2, 0) is 31.6 Å². The zero-order valence-corrected chi connectivity index (χ0v) is 19.2. The highest BCUT2D eigenvalue weighted by Gasteiger charge is 2.36. The lowest BCUT2D eigenvalue weighted by Crippen LogP contribution is -2.36. The van der Waals surface area contributed by atoms with Crippen molar-refractivity contribution in [3.05, 3.63) is 52.2 Å². The van der Waals surface area contributed by atoms with Crippen LogP contribution in [0.4, 0.5) is 23.4 Å². The fraction of sp³-hybridized carbons (Fsp3) is 0.522. The van der Waals surface area contributed by atoms with Gasteiger partial charge in [0.1, 0.15) is 17.5 Å². The molecule has 35 heavy (non-hydrogen) atoms. The van der Waals surface area contributed by atoms with E-state index in [1.165, 1.54) is 13.0 Å². The van der Waals surface area contributed by atoms with Crippen LogP contribution in [0.3, 0.4) is 0 Å². The zero-order valence-electron chi connectivity index (χ0n) is 19.2. The molecule has 1 aromatic carbocycles. The molecule has 0 bridgehead atoms. The zero-order chi connectivity index (χ0) is 25.2. The Kier molecular flexibility index (Phi) is 7.53. The third kappa shape index (κ3) is 5.88. The second-order valence-electron chi connectivity index (χ2n) is 8.43. The molecule has 2 aliphatic heterocycles. The normalized spacial score (nSPS) is 19.7. The number of aryl methyl sites for hydroxylation is 1. The fourth-order valence-corrected chi connectivity index (χ4v) is 4.12. The number of carbonyl (C=O) groups excluding carboxylic acids is 1. The summed E-state index contributed by atoms with van der Waals surface area (Å²) in [5.41, 5.74) is -0.834. The van der Waals surface area contributed by atoms with Crippen molar-refractivity contribution >= 4 is 11.7 Å². The first-order valence-electron chi connectivity index (χ1n) is 11.2. The summed E-state index contributed by atoms with van der Waals surface area (Å²) in [6.45, 7) is 4.76. The predicted octanol–water partition coefficient (Wildman–Crippen LogP) is 3.61. The van der Waals surface area contributed by atoms with Crippen molar-refractivity contribution in [2.45, 2.75) is 51.2 Å². The minimum Gasteiger partial charge on any atom is -0.379 e. The van der Waals surface area contributed by atoms with E-state index in [1.807, 2.05) is 0 Å². The fourth-order valence-electron chi connectivity index (χ4n) is 4.12. The van der Waals surface area contributed by atoms with Gasteiger partial charge in [-0.3, -0.25) is 4.79 Å². The van der Waals surface area contributed by atoms with Crippen molar-refractivity contribution < 1.29 is 36.6 Å². The van der Waals surface area contributed by atoms with Crippen LogP contribution in [0.2, 0.25) is 0 Å². The smallest absolute Gasteiger partial charge is 0.379 e. The molecule has 0 spiro atoms. The summed E-state index contributed by atoms with van der Waals surface area (Å²) in [4.78, 5) is 21.5. The maximum absolute atomic E-state index is 14.7. The number of anilines is 1. The lowest BCUT2D eigenvalue weighted by Gasteiger charge is -2.23. The SMILES string of the molecule is Cc1nc(CC(=O)N[C@H]2CCOC2)c(C2OCCO2)c(NC(C)c2cccc(C(F)(F)F)c2F)n1. The average Bonchev–Trinajstić information content (AvgIpc) is 3.47. The predicted molar refractivity (Wildman–Crippen MR) is 116 cm³/mol. The van der Waals surface area contributed by atoms with Gasteiger partial charge in [-0.15, -0.1) is 0 Å². The minimum absolute atomic E-state index is 0.0885. The van der Waals surface area contributed by atoms with Gasteiger partial charge in [-0.05, 0) is 26.3 Å². The molecule has 190 valence electrons. The second-order valence-corrected chi connectivity index (χ2v) is 8.43. The van der Waals surface area contributed by atoms with E-state index in [-0.39, 0.29) is 29.8 Å². The molecule has 2 N–H and O–H groups in total. The van der Waals surface area contributed by atoms with Gasteiger partial charge in [0.15, 0.2) is 6.29 Å². The first kappa shape index (κ1) is 25.3. The molecule has 8 nitrogen and oxygen atoms in total. The van der Waals surface area contributed by atoms with Crippen molar-refractivity contribution in [3.8, 4) is 0 Å². The number of rotatable bonds is 7. The molecule has 12 heteroatoms. The molecule has 2 saturated heterocycles. The Hall–Kier alpha value is -2.83. The van der Waals surface area contributed by atoms with Gasteiger partial charge < -0.3 is 24.8 Å². The number of amides is 1. The van der Waals surface area contributed by atoms with Gasteiger partial charge in [0, 0.05) is 12.2 Å². The van der Waals surface area contributed by atoms with Gasteiger partial charge in [-0.25, -0.2) is 14.4 Å². The topological polar surface area (TPSA) is 94.6 Å². The van der Waals surface area contributed by atoms with Crippen molar-refractivity contribution in [2.75, 3.05) is 31.7 Å². The number of benzene rings is 1. The highest BCUT2D eigenvalue weighted by Crippen LogP contribution is 2.36. The summed E-state index contributed by atoms with van der Waals surface area (Å²) in [6.07, 6.45) is -5.09. The number of hydrogen-bond donors (Lipinski definition) is 2. The molecule has 3 heterocycles. The molecule has 0 saturated carbocycles. The van der Waals surface area contributed by atoms with Crippen molar-refractivity contribution in [1.82, 2.24) is 15.3 Å². The molecule has 2 fully saturated rings. The molecule has 0 aliphatic carbocycles. The number of alkyl halides is 3. The Morgan fingerprint density at radius 2 is 1.94 bits per heavy atom. The average molecular weight is 498 g/mol. The van der Waals surface area contributed by atoms with E-state index in [4.69, 9.17) is 14.2 Å². The van der Waals surface area contributed by atoms with Crippen LogP contribution in [0.1, 0.15) is 53.9 Å². The Morgan fingerprint density at radius 3 is 2.60 bits per heavy atom. The standard InChI is InChI=1S/C23H26F4N4O4/c1-12(15-4-3-5-16(20(15)24)23(25,26)27)28-21-19(22-34-8-9-35-22)17(29-13(2)30-21)10-18(32)31-14-6-7-33-11-14/h3-5,12,14,22H,6-11H2,1-2H3,(H,31,32)(H,28,29,30)/t12?,14-/m0/s1. The van der Waals surface area contributed by atoms with Crippen LogP contribution in [0.5, 0.6) is 0 Å². The summed E-state index contributed by atoms with van der Waals surface area (Å²) in [5, 5.41) is 5.88. The number of halogens is 4. The maximum atomic E-state index is 14.7. The van der Waals surface area contributed by atoms with Crippen molar-refractivity contribution in [1.29, 1.82) is 0 Å². The Labute approximate surface area is 199 Å². The van der Waals surface area contributed by atoms with Crippen LogP contribution >= 0.6 is 0 Å². The molecule has 2 aromatic rings. The summed E-state index contributed by atoms with van der Waals surface area (Å²) in [6, 6.07) is 2.13. The first-order valence-corrected chi connectivity index (χ1v) is 11.2. The molecular weight excluding hydrogens is 472 g/mol. The Balaban J connectivity index is 1.64. The number of carbonyl (C=O) groups is 1. The molecule has 0 radical (unpaired) electrons. The number of hydrogen-bond acceptors (Lipinski definition) is 7. The molecule has 1 unspecified atom stereocenters. The van der Waals surface area contributed by atoms with Crippen LogP contribution in [0.25, 0.3) is 0 Å². The van der Waals surface area contributed by atoms with Crippen LogP contribution in [-0.4, -0.2) is 48.3 Å². The van der Waals surface area contributed by atoms with Crippen LogP contribution < -0.4 is 10.6 Å². The molecule has 2 atom stereocenters. The second kappa shape index (κ2) is 10.4. The van der Waals surface area contributed by atoms with Gasteiger partial charge in [-0.1, -0.05) is 12.1 Å². The van der Waals surface area contributed by atoms with Crippen LogP contribution in [0, 0.1) is 12.7 Å². The highest BCUT2D eigenvalue weighted by atomic mass is 19.4. The highest BCUT2D eigenvalue weighted by molar-refractivity contribution is 5.79. The maximum Gasteiger partial charge on any atom is 0.419 e. The molecule has 4 rings (SSSR count). The van der Waals surface area contributed by atoms with Gasteiger partial charge in [-0.2, -0.15) is 13.2 Å². The summed E-state index contributed by atoms with van der Waals surface area (Å²) < 4.78 is 70.9. The Morgan fingerprint density at radius 1 is 1.20 bits per heavy atom. The molecule has 1 amide bonds. The van der Waals surface area contributed by atoms with E-state index in [1.54, 1.807) is 6.92 Å². The van der Waals surface area contributed by atoms with Gasteiger partial charge in [0.05, 0.1) is 55.1 Å². The molecule has 1 aromatic heterocycles. The Bertz CT molecular complexity index is 1070. The lowest BCUT2D eigenvalue weighted by molar-refractivity contribution is -0.140. The van der Waals surface area contributed by atoms with E-state index < -0.39 is 29.9 Å². The van der Waals surface area contributed by atoms with Crippen molar-refractivity contribution in [2.24, 2.45) is 0 Å². The first-order chi connectivity index (χ1) is 16.6. The number of ether oxygens (including phenoxy) is 3. The quantitative estimate of drug-likeness (QED) is 0.564. The van der Waals surface area contributed by atoms with E-state index in [0.29, 0.717) is 56.0 Å². The third-order valence-electron chi connectivity index (χ3n) is 5.77. The summed E-state index contributed by atoms with van der Waals surface area (Å²) in [5.74, 6) is -1.13. The number of aromatic nitrogens is 2. The van der Waals surface area contributed by atoms with E-state index in [2.05, 4.69) is 20.6 Å². The van der Waals surface area contributed by atoms with Gasteiger partial charge in [0.25, 0.3) is 0 Å². The number of nitrogens with zero attached hydrogens (tertiary/aromatic N) is 2. The minimum atomic E-state index is -4.83. The largest absolute Gasteiger partial charge is 0.419 e. The van der Waals surface area contributed by atoms with E-state index >= 15 is 0 Å².